The van der Waals surface area contributed by atoms with Gasteiger partial charge in [0.1, 0.15) is 0 Å². The van der Waals surface area contributed by atoms with Gasteiger partial charge in [0, 0.05) is 7.11 Å². The van der Waals surface area contributed by atoms with E-state index >= 15 is 0 Å². The van der Waals surface area contributed by atoms with Crippen LogP contribution in [0.15, 0.2) is 18.2 Å². The molecule has 0 N–H and O–H groups in total. The van der Waals surface area contributed by atoms with Gasteiger partial charge in [-0.15, -0.1) is 0 Å². The van der Waals surface area contributed by atoms with E-state index in [4.69, 9.17) is 16.3 Å². The van der Waals surface area contributed by atoms with Gasteiger partial charge in [-0.25, -0.2) is 4.79 Å². The van der Waals surface area contributed by atoms with E-state index in [-0.39, 0.29) is 23.8 Å². The van der Waals surface area contributed by atoms with E-state index in [1.54, 1.807) is 25.1 Å². The third kappa shape index (κ3) is 3.28. The summed E-state index contributed by atoms with van der Waals surface area (Å²) in [7, 11) is 1.50. The fourth-order valence-electron chi connectivity index (χ4n) is 1.40. The number of esters is 1. The van der Waals surface area contributed by atoms with E-state index in [1.807, 2.05) is 0 Å². The maximum atomic E-state index is 11.8. The second kappa shape index (κ2) is 6.37. The fraction of sp³-hybridized carbons (Fsp3) is 0.333. The van der Waals surface area contributed by atoms with E-state index in [0.29, 0.717) is 5.56 Å². The number of carbonyl (C=O) groups excluding carboxylic acids is 2. The number of carbonyl (C=O) groups is 2. The largest absolute Gasteiger partial charge is 0.460 e. The van der Waals surface area contributed by atoms with Crippen LogP contribution in [-0.4, -0.2) is 25.5 Å². The van der Waals surface area contributed by atoms with Crippen molar-refractivity contribution in [3.63, 3.8) is 0 Å². The lowest BCUT2D eigenvalue weighted by Crippen LogP contribution is -2.19. The van der Waals surface area contributed by atoms with Gasteiger partial charge in [-0.1, -0.05) is 23.7 Å². The number of benzene rings is 1. The van der Waals surface area contributed by atoms with E-state index in [9.17, 15) is 9.59 Å². The van der Waals surface area contributed by atoms with Crippen LogP contribution in [0.5, 0.6) is 0 Å². The van der Waals surface area contributed by atoms with Crippen LogP contribution in [-0.2, 0) is 20.9 Å². The van der Waals surface area contributed by atoms with Gasteiger partial charge in [0.25, 0.3) is 5.78 Å². The summed E-state index contributed by atoms with van der Waals surface area (Å²) in [5, 5.41) is 0.220. The summed E-state index contributed by atoms with van der Waals surface area (Å²) < 4.78 is 9.61. The summed E-state index contributed by atoms with van der Waals surface area (Å²) in [6, 6.07) is 4.92. The van der Waals surface area contributed by atoms with Crippen LogP contribution in [0, 0.1) is 0 Å². The smallest absolute Gasteiger partial charge is 0.379 e. The zero-order valence-corrected chi connectivity index (χ0v) is 10.4. The quantitative estimate of drug-likeness (QED) is 0.461. The highest BCUT2D eigenvalue weighted by Gasteiger charge is 2.23. The zero-order chi connectivity index (χ0) is 12.8. The SMILES string of the molecule is CCOC(=O)C(=O)c1c(Cl)cccc1COC. The van der Waals surface area contributed by atoms with Crippen molar-refractivity contribution in [2.24, 2.45) is 0 Å². The molecule has 0 heterocycles. The lowest BCUT2D eigenvalue weighted by atomic mass is 10.0. The van der Waals surface area contributed by atoms with Crippen LogP contribution in [0.3, 0.4) is 0 Å². The molecule has 0 amide bonds. The summed E-state index contributed by atoms with van der Waals surface area (Å²) in [4.78, 5) is 23.2. The molecular weight excluding hydrogens is 244 g/mol. The minimum absolute atomic E-state index is 0.147. The lowest BCUT2D eigenvalue weighted by molar-refractivity contribution is -0.137. The van der Waals surface area contributed by atoms with Gasteiger partial charge in [0.2, 0.25) is 0 Å². The summed E-state index contributed by atoms with van der Waals surface area (Å²) in [5.74, 6) is -1.65. The summed E-state index contributed by atoms with van der Waals surface area (Å²) >= 11 is 5.92. The minimum Gasteiger partial charge on any atom is -0.460 e. The van der Waals surface area contributed by atoms with Crippen LogP contribution in [0.4, 0.5) is 0 Å². The summed E-state index contributed by atoms with van der Waals surface area (Å²) in [6.45, 7) is 1.99. The summed E-state index contributed by atoms with van der Waals surface area (Å²) in [6.07, 6.45) is 0. The molecule has 0 fully saturated rings. The minimum atomic E-state index is -0.905. The molecule has 0 aliphatic carbocycles. The topological polar surface area (TPSA) is 52.6 Å². The standard InChI is InChI=1S/C12H13ClO4/c1-3-17-12(15)11(14)10-8(7-16-2)5-4-6-9(10)13/h4-6H,3,7H2,1-2H3. The van der Waals surface area contributed by atoms with Crippen LogP contribution in [0.25, 0.3) is 0 Å². The predicted molar refractivity (Wildman–Crippen MR) is 63.1 cm³/mol. The molecule has 0 bridgehead atoms. The van der Waals surface area contributed by atoms with Crippen molar-refractivity contribution in [1.29, 1.82) is 0 Å². The first-order valence-corrected chi connectivity index (χ1v) is 5.47. The number of halogens is 1. The van der Waals surface area contributed by atoms with Crippen molar-refractivity contribution >= 4 is 23.4 Å². The summed E-state index contributed by atoms with van der Waals surface area (Å²) in [5.41, 5.74) is 0.715. The van der Waals surface area contributed by atoms with Crippen molar-refractivity contribution in [1.82, 2.24) is 0 Å². The molecule has 1 aromatic carbocycles. The predicted octanol–water partition coefficient (Wildman–Crippen LogP) is 2.23. The highest BCUT2D eigenvalue weighted by Crippen LogP contribution is 2.21. The van der Waals surface area contributed by atoms with Gasteiger partial charge in [0.05, 0.1) is 23.8 Å². The third-order valence-electron chi connectivity index (χ3n) is 2.09. The second-order valence-electron chi connectivity index (χ2n) is 3.26. The normalized spacial score (nSPS) is 10.1. The molecule has 0 saturated carbocycles. The van der Waals surface area contributed by atoms with Crippen molar-refractivity contribution in [2.45, 2.75) is 13.5 Å². The van der Waals surface area contributed by atoms with E-state index in [2.05, 4.69) is 4.74 Å². The first-order chi connectivity index (χ1) is 8.11. The monoisotopic (exact) mass is 256 g/mol. The molecule has 1 aromatic rings. The number of methoxy groups -OCH3 is 1. The average Bonchev–Trinajstić information content (AvgIpc) is 2.29. The van der Waals surface area contributed by atoms with Crippen LogP contribution in [0.1, 0.15) is 22.8 Å². The first-order valence-electron chi connectivity index (χ1n) is 5.09. The molecular formula is C12H13ClO4. The fourth-order valence-corrected chi connectivity index (χ4v) is 1.68. The lowest BCUT2D eigenvalue weighted by Gasteiger charge is -2.09. The number of ketones is 1. The number of hydrogen-bond donors (Lipinski definition) is 0. The number of Topliss-reactive ketones (excluding diaryl/α,β-unsaturated/α-hetero) is 1. The van der Waals surface area contributed by atoms with Crippen molar-refractivity contribution in [3.05, 3.63) is 34.3 Å². The number of rotatable bonds is 5. The maximum absolute atomic E-state index is 11.8. The van der Waals surface area contributed by atoms with Crippen molar-refractivity contribution < 1.29 is 19.1 Å². The van der Waals surface area contributed by atoms with Crippen LogP contribution in [0.2, 0.25) is 5.02 Å². The molecule has 0 aromatic heterocycles. The molecule has 0 aliphatic rings. The molecule has 92 valence electrons. The zero-order valence-electron chi connectivity index (χ0n) is 9.66. The van der Waals surface area contributed by atoms with E-state index in [1.165, 1.54) is 7.11 Å². The Labute approximate surface area is 104 Å². The first kappa shape index (κ1) is 13.7. The highest BCUT2D eigenvalue weighted by molar-refractivity contribution is 6.45. The van der Waals surface area contributed by atoms with Gasteiger partial charge in [-0.3, -0.25) is 4.79 Å². The van der Waals surface area contributed by atoms with Crippen LogP contribution >= 0.6 is 11.6 Å². The number of ether oxygens (including phenoxy) is 2. The molecule has 4 nitrogen and oxygen atoms in total. The maximum Gasteiger partial charge on any atom is 0.379 e. The third-order valence-corrected chi connectivity index (χ3v) is 2.40. The Kier molecular flexibility index (Phi) is 5.12. The van der Waals surface area contributed by atoms with Crippen molar-refractivity contribution in [3.8, 4) is 0 Å². The molecule has 0 aliphatic heterocycles. The molecule has 0 unspecified atom stereocenters. The molecule has 17 heavy (non-hydrogen) atoms. The Balaban J connectivity index is 3.10. The van der Waals surface area contributed by atoms with Crippen molar-refractivity contribution in [2.75, 3.05) is 13.7 Å². The van der Waals surface area contributed by atoms with Gasteiger partial charge in [-0.05, 0) is 18.6 Å². The average molecular weight is 257 g/mol. The molecule has 0 atom stereocenters. The van der Waals surface area contributed by atoms with Gasteiger partial charge < -0.3 is 9.47 Å². The van der Waals surface area contributed by atoms with E-state index in [0.717, 1.165) is 0 Å². The Bertz CT molecular complexity index is 429. The Morgan fingerprint density at radius 2 is 2.06 bits per heavy atom. The Hall–Kier alpha value is -1.39. The molecule has 0 saturated heterocycles. The molecule has 0 radical (unpaired) electrons. The molecule has 1 rings (SSSR count). The van der Waals surface area contributed by atoms with Crippen LogP contribution < -0.4 is 0 Å². The van der Waals surface area contributed by atoms with E-state index < -0.39 is 11.8 Å². The van der Waals surface area contributed by atoms with Gasteiger partial charge in [-0.2, -0.15) is 0 Å². The highest BCUT2D eigenvalue weighted by atomic mass is 35.5. The Morgan fingerprint density at radius 3 is 2.65 bits per heavy atom. The van der Waals surface area contributed by atoms with Gasteiger partial charge >= 0.3 is 5.97 Å². The van der Waals surface area contributed by atoms with Gasteiger partial charge in [0.15, 0.2) is 0 Å². The number of hydrogen-bond acceptors (Lipinski definition) is 4. The molecule has 5 heteroatoms. The Morgan fingerprint density at radius 1 is 1.35 bits per heavy atom. The second-order valence-corrected chi connectivity index (χ2v) is 3.66. The molecule has 0 spiro atoms.